The average Bonchev–Trinajstić information content (AvgIpc) is 2.85. The molecule has 5 nitrogen and oxygen atoms in total. The second-order valence-corrected chi connectivity index (χ2v) is 3.98. The molecule has 0 bridgehead atoms. The van der Waals surface area contributed by atoms with E-state index in [4.69, 9.17) is 0 Å². The van der Waals surface area contributed by atoms with Gasteiger partial charge >= 0.3 is 0 Å². The van der Waals surface area contributed by atoms with E-state index in [9.17, 15) is 9.90 Å². The Bertz CT molecular complexity index is 336. The molecule has 15 heavy (non-hydrogen) atoms. The molecule has 5 heteroatoms. The van der Waals surface area contributed by atoms with Crippen LogP contribution in [-0.2, 0) is 0 Å². The summed E-state index contributed by atoms with van der Waals surface area (Å²) in [5.41, 5.74) is 0.488. The average molecular weight is 209 g/mol. The molecule has 2 unspecified atom stereocenters. The number of aromatic nitrogens is 2. The van der Waals surface area contributed by atoms with E-state index in [1.165, 1.54) is 0 Å². The van der Waals surface area contributed by atoms with Gasteiger partial charge in [-0.2, -0.15) is 5.10 Å². The third-order valence-corrected chi connectivity index (χ3v) is 3.06. The summed E-state index contributed by atoms with van der Waals surface area (Å²) in [6.45, 7) is 2.80. The number of H-pyrrole nitrogens is 1. The minimum atomic E-state index is -0.0732. The van der Waals surface area contributed by atoms with Crippen molar-refractivity contribution in [3.8, 4) is 0 Å². The van der Waals surface area contributed by atoms with Gasteiger partial charge in [0, 0.05) is 12.7 Å². The van der Waals surface area contributed by atoms with E-state index in [0.29, 0.717) is 18.2 Å². The summed E-state index contributed by atoms with van der Waals surface area (Å²) in [5.74, 6) is 0.290. The topological polar surface area (TPSA) is 69.2 Å². The minimum Gasteiger partial charge on any atom is -0.394 e. The van der Waals surface area contributed by atoms with Crippen molar-refractivity contribution >= 4 is 5.91 Å². The quantitative estimate of drug-likeness (QED) is 0.733. The maximum Gasteiger partial charge on any atom is 0.272 e. The SMILES string of the molecule is CC1CCN(C(=O)c2ccn[nH]2)C1CO. The molecule has 2 atom stereocenters. The molecule has 1 aliphatic heterocycles. The molecule has 0 spiro atoms. The van der Waals surface area contributed by atoms with Crippen molar-refractivity contribution in [3.63, 3.8) is 0 Å². The Kier molecular flexibility index (Phi) is 2.73. The summed E-state index contributed by atoms with van der Waals surface area (Å²) >= 11 is 0. The smallest absolute Gasteiger partial charge is 0.272 e. The van der Waals surface area contributed by atoms with Crippen molar-refractivity contribution in [2.45, 2.75) is 19.4 Å². The molecular weight excluding hydrogens is 194 g/mol. The van der Waals surface area contributed by atoms with Crippen LogP contribution in [0, 0.1) is 5.92 Å². The molecule has 2 heterocycles. The molecule has 1 saturated heterocycles. The summed E-state index contributed by atoms with van der Waals surface area (Å²) < 4.78 is 0. The molecule has 0 aliphatic carbocycles. The van der Waals surface area contributed by atoms with Crippen LogP contribution < -0.4 is 0 Å². The fourth-order valence-electron chi connectivity index (χ4n) is 2.07. The molecule has 1 fully saturated rings. The van der Waals surface area contributed by atoms with Gasteiger partial charge in [0.15, 0.2) is 0 Å². The lowest BCUT2D eigenvalue weighted by molar-refractivity contribution is 0.0642. The zero-order valence-corrected chi connectivity index (χ0v) is 8.68. The van der Waals surface area contributed by atoms with Gasteiger partial charge in [-0.1, -0.05) is 6.92 Å². The molecule has 1 amide bonds. The van der Waals surface area contributed by atoms with Gasteiger partial charge in [-0.05, 0) is 18.4 Å². The highest BCUT2D eigenvalue weighted by atomic mass is 16.3. The largest absolute Gasteiger partial charge is 0.394 e. The Labute approximate surface area is 88.1 Å². The first kappa shape index (κ1) is 10.2. The molecular formula is C10H15N3O2. The fraction of sp³-hybridized carbons (Fsp3) is 0.600. The third-order valence-electron chi connectivity index (χ3n) is 3.06. The monoisotopic (exact) mass is 209 g/mol. The predicted molar refractivity (Wildman–Crippen MR) is 54.3 cm³/mol. The summed E-state index contributed by atoms with van der Waals surface area (Å²) in [4.78, 5) is 13.7. The Morgan fingerprint density at radius 3 is 3.20 bits per heavy atom. The van der Waals surface area contributed by atoms with Crippen molar-refractivity contribution in [2.75, 3.05) is 13.2 Å². The first-order valence-corrected chi connectivity index (χ1v) is 5.15. The van der Waals surface area contributed by atoms with Gasteiger partial charge in [-0.3, -0.25) is 9.89 Å². The number of nitrogens with one attached hydrogen (secondary N) is 1. The van der Waals surface area contributed by atoms with Gasteiger partial charge in [0.05, 0.1) is 12.6 Å². The highest BCUT2D eigenvalue weighted by molar-refractivity contribution is 5.92. The van der Waals surface area contributed by atoms with Crippen LogP contribution in [0.3, 0.4) is 0 Å². The maximum absolute atomic E-state index is 12.0. The number of nitrogens with zero attached hydrogens (tertiary/aromatic N) is 2. The third kappa shape index (κ3) is 1.74. The highest BCUT2D eigenvalue weighted by Crippen LogP contribution is 2.24. The standard InChI is InChI=1S/C10H15N3O2/c1-7-3-5-13(9(7)6-14)10(15)8-2-4-11-12-8/h2,4,7,9,14H,3,5-6H2,1H3,(H,11,12). The van der Waals surface area contributed by atoms with Crippen molar-refractivity contribution in [1.82, 2.24) is 15.1 Å². The minimum absolute atomic E-state index is 0.0288. The second-order valence-electron chi connectivity index (χ2n) is 3.98. The molecule has 82 valence electrons. The highest BCUT2D eigenvalue weighted by Gasteiger charge is 2.34. The Morgan fingerprint density at radius 2 is 2.60 bits per heavy atom. The van der Waals surface area contributed by atoms with E-state index >= 15 is 0 Å². The molecule has 0 aromatic carbocycles. The van der Waals surface area contributed by atoms with Crippen LogP contribution in [0.25, 0.3) is 0 Å². The van der Waals surface area contributed by atoms with E-state index < -0.39 is 0 Å². The lowest BCUT2D eigenvalue weighted by atomic mass is 10.0. The van der Waals surface area contributed by atoms with Crippen LogP contribution >= 0.6 is 0 Å². The van der Waals surface area contributed by atoms with Gasteiger partial charge in [0.1, 0.15) is 5.69 Å². The maximum atomic E-state index is 12.0. The number of carbonyl (C=O) groups is 1. The van der Waals surface area contributed by atoms with Crippen LogP contribution in [0.15, 0.2) is 12.3 Å². The number of likely N-dealkylation sites (tertiary alicyclic amines) is 1. The van der Waals surface area contributed by atoms with Crippen LogP contribution in [0.5, 0.6) is 0 Å². The number of hydrogen-bond donors (Lipinski definition) is 2. The molecule has 0 radical (unpaired) electrons. The first-order valence-electron chi connectivity index (χ1n) is 5.15. The van der Waals surface area contributed by atoms with Gasteiger partial charge in [-0.25, -0.2) is 0 Å². The number of amides is 1. The number of aromatic amines is 1. The zero-order valence-electron chi connectivity index (χ0n) is 8.68. The summed E-state index contributed by atoms with van der Waals surface area (Å²) in [7, 11) is 0. The number of carbonyl (C=O) groups excluding carboxylic acids is 1. The number of rotatable bonds is 2. The van der Waals surface area contributed by atoms with E-state index in [0.717, 1.165) is 6.42 Å². The van der Waals surface area contributed by atoms with Crippen molar-refractivity contribution in [2.24, 2.45) is 5.92 Å². The molecule has 0 saturated carbocycles. The summed E-state index contributed by atoms with van der Waals surface area (Å²) in [6.07, 6.45) is 2.51. The second kappa shape index (κ2) is 4.02. The lowest BCUT2D eigenvalue weighted by Gasteiger charge is -2.24. The molecule has 2 rings (SSSR count). The number of aliphatic hydroxyl groups is 1. The van der Waals surface area contributed by atoms with E-state index in [1.54, 1.807) is 17.2 Å². The molecule has 1 aliphatic rings. The predicted octanol–water partition coefficient (Wildman–Crippen LogP) is 0.253. The molecule has 1 aromatic rings. The number of hydrogen-bond acceptors (Lipinski definition) is 3. The lowest BCUT2D eigenvalue weighted by Crippen LogP contribution is -2.40. The first-order chi connectivity index (χ1) is 7.24. The fourth-order valence-corrected chi connectivity index (χ4v) is 2.07. The van der Waals surface area contributed by atoms with E-state index in [1.807, 2.05) is 0 Å². The zero-order chi connectivity index (χ0) is 10.8. The Hall–Kier alpha value is -1.36. The van der Waals surface area contributed by atoms with Crippen LogP contribution in [0.2, 0.25) is 0 Å². The van der Waals surface area contributed by atoms with Gasteiger partial charge < -0.3 is 10.0 Å². The molecule has 1 aromatic heterocycles. The number of aliphatic hydroxyl groups excluding tert-OH is 1. The van der Waals surface area contributed by atoms with Gasteiger partial charge in [-0.15, -0.1) is 0 Å². The van der Waals surface area contributed by atoms with E-state index in [-0.39, 0.29) is 18.6 Å². The van der Waals surface area contributed by atoms with Gasteiger partial charge in [0.25, 0.3) is 5.91 Å². The van der Waals surface area contributed by atoms with Crippen LogP contribution in [0.4, 0.5) is 0 Å². The van der Waals surface area contributed by atoms with Crippen molar-refractivity contribution < 1.29 is 9.90 Å². The van der Waals surface area contributed by atoms with Gasteiger partial charge in [0.2, 0.25) is 0 Å². The Morgan fingerprint density at radius 1 is 1.80 bits per heavy atom. The van der Waals surface area contributed by atoms with Crippen LogP contribution in [0.1, 0.15) is 23.8 Å². The van der Waals surface area contributed by atoms with Crippen LogP contribution in [-0.4, -0.2) is 45.3 Å². The van der Waals surface area contributed by atoms with Crippen molar-refractivity contribution in [1.29, 1.82) is 0 Å². The Balaban J connectivity index is 2.14. The molecule has 2 N–H and O–H groups in total. The normalized spacial score (nSPS) is 25.9. The van der Waals surface area contributed by atoms with E-state index in [2.05, 4.69) is 17.1 Å². The summed E-state index contributed by atoms with van der Waals surface area (Å²) in [5, 5.41) is 15.6. The van der Waals surface area contributed by atoms with Crippen molar-refractivity contribution in [3.05, 3.63) is 18.0 Å². The summed E-state index contributed by atoms with van der Waals surface area (Å²) in [6, 6.07) is 1.60.